The predicted molar refractivity (Wildman–Crippen MR) is 147 cm³/mol. The van der Waals surface area contributed by atoms with Crippen LogP contribution in [0.25, 0.3) is 0 Å². The number of nitrogens with one attached hydrogen (secondary N) is 2. The molecule has 1 aromatic heterocycles. The van der Waals surface area contributed by atoms with Gasteiger partial charge in [-0.15, -0.1) is 0 Å². The summed E-state index contributed by atoms with van der Waals surface area (Å²) in [7, 11) is 0. The first-order chi connectivity index (χ1) is 17.1. The number of allylic oxidation sites excluding steroid dienone is 2. The Morgan fingerprint density at radius 2 is 1.72 bits per heavy atom. The molecule has 0 amide bonds. The molecule has 0 fully saturated rings. The van der Waals surface area contributed by atoms with E-state index in [-0.39, 0.29) is 16.8 Å². The van der Waals surface area contributed by atoms with E-state index in [1.165, 1.54) is 28.5 Å². The standard InChI is InChI=1S/C30H33N3O2S/c1-17(2)20-10-12-21(13-11-20)24-25-22(14-30(4,5)15-23(25)34)31-27-26(24)28(35)33-29(32-27)36-16-19-8-6-18(3)7-9-19/h6-13,17,24H,14-16H2,1-5H3,(H2,31,32,33,35). The van der Waals surface area contributed by atoms with E-state index >= 15 is 0 Å². The first-order valence-electron chi connectivity index (χ1n) is 12.6. The van der Waals surface area contributed by atoms with Gasteiger partial charge in [-0.1, -0.05) is 93.6 Å². The third kappa shape index (κ3) is 4.79. The van der Waals surface area contributed by atoms with Gasteiger partial charge in [0.15, 0.2) is 10.9 Å². The van der Waals surface area contributed by atoms with Gasteiger partial charge in [0.25, 0.3) is 5.56 Å². The molecule has 1 aliphatic heterocycles. The third-order valence-corrected chi connectivity index (χ3v) is 8.08. The van der Waals surface area contributed by atoms with Gasteiger partial charge in [0.2, 0.25) is 0 Å². The average molecular weight is 500 g/mol. The maximum atomic E-state index is 13.5. The lowest BCUT2D eigenvalue weighted by atomic mass is 9.69. The first-order valence-corrected chi connectivity index (χ1v) is 13.6. The second kappa shape index (κ2) is 9.40. The number of ketones is 1. The van der Waals surface area contributed by atoms with Crippen LogP contribution in [0.2, 0.25) is 0 Å². The summed E-state index contributed by atoms with van der Waals surface area (Å²) in [5.41, 5.74) is 6.38. The highest BCUT2D eigenvalue weighted by atomic mass is 32.2. The molecule has 0 saturated carbocycles. The molecule has 0 radical (unpaired) electrons. The van der Waals surface area contributed by atoms with Crippen LogP contribution in [0.15, 0.2) is 69.8 Å². The number of H-pyrrole nitrogens is 1. The minimum Gasteiger partial charge on any atom is -0.343 e. The van der Waals surface area contributed by atoms with Gasteiger partial charge in [-0.3, -0.25) is 9.59 Å². The highest BCUT2D eigenvalue weighted by molar-refractivity contribution is 7.98. The van der Waals surface area contributed by atoms with Crippen LogP contribution in [0.3, 0.4) is 0 Å². The molecule has 2 heterocycles. The van der Waals surface area contributed by atoms with Gasteiger partial charge in [-0.05, 0) is 41.4 Å². The van der Waals surface area contributed by atoms with Crippen molar-refractivity contribution >= 4 is 23.4 Å². The number of aromatic amines is 1. The largest absolute Gasteiger partial charge is 0.343 e. The summed E-state index contributed by atoms with van der Waals surface area (Å²) in [6, 6.07) is 16.7. The summed E-state index contributed by atoms with van der Waals surface area (Å²) in [5, 5.41) is 3.99. The number of hydrogen-bond acceptors (Lipinski definition) is 5. The summed E-state index contributed by atoms with van der Waals surface area (Å²) in [5.74, 6) is 1.36. The second-order valence-electron chi connectivity index (χ2n) is 11.1. The first kappa shape index (κ1) is 24.6. The second-order valence-corrected chi connectivity index (χ2v) is 12.1. The van der Waals surface area contributed by atoms with E-state index in [0.717, 1.165) is 17.7 Å². The fraction of sp³-hybridized carbons (Fsp3) is 0.367. The molecule has 36 heavy (non-hydrogen) atoms. The number of rotatable bonds is 5. The number of thioether (sulfide) groups is 1. The summed E-state index contributed by atoms with van der Waals surface area (Å²) in [6.45, 7) is 10.6. The molecule has 5 nitrogen and oxygen atoms in total. The van der Waals surface area contributed by atoms with Crippen molar-refractivity contribution < 1.29 is 4.79 Å². The summed E-state index contributed by atoms with van der Waals surface area (Å²) in [6.07, 6.45) is 1.22. The van der Waals surface area contributed by atoms with Crippen LogP contribution >= 0.6 is 11.8 Å². The molecule has 0 spiro atoms. The molecule has 2 aliphatic rings. The van der Waals surface area contributed by atoms with Crippen LogP contribution in [0.4, 0.5) is 5.82 Å². The highest BCUT2D eigenvalue weighted by Gasteiger charge is 2.42. The van der Waals surface area contributed by atoms with E-state index in [9.17, 15) is 9.59 Å². The van der Waals surface area contributed by atoms with Crippen molar-refractivity contribution in [3.05, 3.63) is 98.0 Å². The molecule has 2 N–H and O–H groups in total. The van der Waals surface area contributed by atoms with Crippen molar-refractivity contribution in [3.8, 4) is 0 Å². The Morgan fingerprint density at radius 1 is 1.03 bits per heavy atom. The number of carbonyl (C=O) groups is 1. The van der Waals surface area contributed by atoms with Crippen LogP contribution in [0, 0.1) is 12.3 Å². The lowest BCUT2D eigenvalue weighted by Gasteiger charge is -2.38. The molecule has 0 bridgehead atoms. The Hall–Kier alpha value is -3.12. The van der Waals surface area contributed by atoms with Crippen molar-refractivity contribution in [2.75, 3.05) is 5.32 Å². The van der Waals surface area contributed by atoms with Gasteiger partial charge in [-0.25, -0.2) is 4.98 Å². The molecule has 1 atom stereocenters. The highest BCUT2D eigenvalue weighted by Crippen LogP contribution is 2.47. The molecule has 0 saturated heterocycles. The zero-order valence-electron chi connectivity index (χ0n) is 21.6. The minimum atomic E-state index is -0.423. The maximum Gasteiger partial charge on any atom is 0.257 e. The van der Waals surface area contributed by atoms with Gasteiger partial charge >= 0.3 is 0 Å². The number of benzene rings is 2. The minimum absolute atomic E-state index is 0.106. The van der Waals surface area contributed by atoms with Crippen molar-refractivity contribution in [1.82, 2.24) is 9.97 Å². The Morgan fingerprint density at radius 3 is 2.39 bits per heavy atom. The number of anilines is 1. The molecule has 1 aliphatic carbocycles. The maximum absolute atomic E-state index is 13.5. The number of nitrogens with zero attached hydrogens (tertiary/aromatic N) is 1. The Balaban J connectivity index is 1.57. The molecule has 186 valence electrons. The average Bonchev–Trinajstić information content (AvgIpc) is 2.81. The van der Waals surface area contributed by atoms with Crippen LogP contribution < -0.4 is 10.9 Å². The van der Waals surface area contributed by atoms with Crippen LogP contribution in [-0.4, -0.2) is 15.8 Å². The van der Waals surface area contributed by atoms with Gasteiger partial charge in [0, 0.05) is 29.4 Å². The van der Waals surface area contributed by atoms with Gasteiger partial charge < -0.3 is 10.3 Å². The summed E-state index contributed by atoms with van der Waals surface area (Å²) >= 11 is 1.51. The third-order valence-electron chi connectivity index (χ3n) is 7.13. The van der Waals surface area contributed by atoms with E-state index in [1.54, 1.807) is 0 Å². The van der Waals surface area contributed by atoms with E-state index in [2.05, 4.69) is 93.5 Å². The topological polar surface area (TPSA) is 74.8 Å². The van der Waals surface area contributed by atoms with E-state index in [0.29, 0.717) is 40.2 Å². The Labute approximate surface area is 216 Å². The quantitative estimate of drug-likeness (QED) is 0.302. The monoisotopic (exact) mass is 499 g/mol. The van der Waals surface area contributed by atoms with E-state index in [4.69, 9.17) is 4.98 Å². The zero-order valence-corrected chi connectivity index (χ0v) is 22.4. The number of fused-ring (bicyclic) bond motifs is 1. The lowest BCUT2D eigenvalue weighted by molar-refractivity contribution is -0.118. The Kier molecular flexibility index (Phi) is 6.41. The number of Topliss-reactive ketones (excluding diaryl/α,β-unsaturated/α-hetero) is 1. The molecular weight excluding hydrogens is 466 g/mol. The van der Waals surface area contributed by atoms with Crippen LogP contribution in [-0.2, 0) is 10.5 Å². The van der Waals surface area contributed by atoms with Crippen molar-refractivity contribution in [1.29, 1.82) is 0 Å². The molecule has 2 aromatic carbocycles. The summed E-state index contributed by atoms with van der Waals surface area (Å²) < 4.78 is 0. The summed E-state index contributed by atoms with van der Waals surface area (Å²) in [4.78, 5) is 34.8. The predicted octanol–water partition coefficient (Wildman–Crippen LogP) is 6.69. The molecule has 6 heteroatoms. The SMILES string of the molecule is Cc1ccc(CSc2nc3c(c(=O)[nH]2)C(c2ccc(C(C)C)cc2)C2=C(CC(C)(C)CC2=O)N3)cc1. The van der Waals surface area contributed by atoms with Gasteiger partial charge in [0.1, 0.15) is 5.82 Å². The van der Waals surface area contributed by atoms with Crippen LogP contribution in [0.5, 0.6) is 0 Å². The van der Waals surface area contributed by atoms with Gasteiger partial charge in [-0.2, -0.15) is 0 Å². The lowest BCUT2D eigenvalue weighted by Crippen LogP contribution is -2.37. The zero-order chi connectivity index (χ0) is 25.6. The number of hydrogen-bond donors (Lipinski definition) is 2. The molecule has 3 aromatic rings. The molecule has 5 rings (SSSR count). The smallest absolute Gasteiger partial charge is 0.257 e. The Bertz CT molecular complexity index is 1400. The normalized spacial score (nSPS) is 18.6. The number of carbonyl (C=O) groups excluding carboxylic acids is 1. The molecular formula is C30H33N3O2S. The van der Waals surface area contributed by atoms with Crippen LogP contribution in [0.1, 0.15) is 80.2 Å². The number of aromatic nitrogens is 2. The number of aryl methyl sites for hydroxylation is 1. The fourth-order valence-electron chi connectivity index (χ4n) is 5.20. The van der Waals surface area contributed by atoms with E-state index < -0.39 is 5.92 Å². The van der Waals surface area contributed by atoms with Crippen molar-refractivity contribution in [2.24, 2.45) is 5.41 Å². The van der Waals surface area contributed by atoms with Crippen molar-refractivity contribution in [3.63, 3.8) is 0 Å². The van der Waals surface area contributed by atoms with Gasteiger partial charge in [0.05, 0.1) is 5.56 Å². The molecule has 1 unspecified atom stereocenters. The van der Waals surface area contributed by atoms with Crippen molar-refractivity contribution in [2.45, 2.75) is 70.2 Å². The van der Waals surface area contributed by atoms with E-state index in [1.807, 2.05) is 0 Å². The fourth-order valence-corrected chi connectivity index (χ4v) is 6.02.